The maximum Gasteiger partial charge on any atom is 0.253 e. The summed E-state index contributed by atoms with van der Waals surface area (Å²) in [6.45, 7) is 2.91. The highest BCUT2D eigenvalue weighted by molar-refractivity contribution is 6.33. The van der Waals surface area contributed by atoms with Gasteiger partial charge in [-0.05, 0) is 36.8 Å². The van der Waals surface area contributed by atoms with Crippen LogP contribution in [-0.4, -0.2) is 36.9 Å². The lowest BCUT2D eigenvalue weighted by molar-refractivity contribution is -0.129. The molecule has 0 heterocycles. The predicted molar refractivity (Wildman–Crippen MR) is 97.9 cm³/mol. The van der Waals surface area contributed by atoms with Crippen molar-refractivity contribution in [2.24, 2.45) is 0 Å². The van der Waals surface area contributed by atoms with E-state index in [1.54, 1.807) is 36.2 Å². The van der Waals surface area contributed by atoms with Gasteiger partial charge in [0.2, 0.25) is 5.91 Å². The fraction of sp³-hybridized carbons (Fsp3) is 0.263. The van der Waals surface area contributed by atoms with Crippen molar-refractivity contribution in [2.75, 3.05) is 20.2 Å². The van der Waals surface area contributed by atoms with Gasteiger partial charge in [0, 0.05) is 13.6 Å². The molecular formula is C19H21ClN2O3. The van der Waals surface area contributed by atoms with Gasteiger partial charge in [-0.3, -0.25) is 9.59 Å². The minimum atomic E-state index is -0.367. The molecule has 2 amide bonds. The third-order valence-corrected chi connectivity index (χ3v) is 3.93. The number of benzene rings is 2. The molecule has 0 aliphatic rings. The smallest absolute Gasteiger partial charge is 0.253 e. The molecule has 0 unspecified atom stereocenters. The van der Waals surface area contributed by atoms with Gasteiger partial charge in [0.15, 0.2) is 0 Å². The molecule has 132 valence electrons. The van der Waals surface area contributed by atoms with E-state index in [0.717, 1.165) is 11.3 Å². The SMILES string of the molecule is CCOc1ccc(CN(C)C(=O)CNC(=O)c2ccccc2Cl)cc1. The van der Waals surface area contributed by atoms with Crippen LogP contribution in [-0.2, 0) is 11.3 Å². The number of likely N-dealkylation sites (N-methyl/N-ethyl adjacent to an activating group) is 1. The summed E-state index contributed by atoms with van der Waals surface area (Å²) in [5, 5.41) is 2.95. The van der Waals surface area contributed by atoms with Crippen molar-refractivity contribution in [2.45, 2.75) is 13.5 Å². The Balaban J connectivity index is 1.85. The lowest BCUT2D eigenvalue weighted by Crippen LogP contribution is -2.37. The molecule has 0 fully saturated rings. The van der Waals surface area contributed by atoms with E-state index in [0.29, 0.717) is 23.7 Å². The topological polar surface area (TPSA) is 58.6 Å². The van der Waals surface area contributed by atoms with Crippen molar-refractivity contribution < 1.29 is 14.3 Å². The minimum absolute atomic E-state index is 0.0857. The summed E-state index contributed by atoms with van der Waals surface area (Å²) < 4.78 is 5.39. The van der Waals surface area contributed by atoms with Crippen LogP contribution in [0.4, 0.5) is 0 Å². The van der Waals surface area contributed by atoms with Crippen molar-refractivity contribution in [3.8, 4) is 5.75 Å². The number of nitrogens with zero attached hydrogens (tertiary/aromatic N) is 1. The van der Waals surface area contributed by atoms with E-state index in [1.165, 1.54) is 0 Å². The van der Waals surface area contributed by atoms with Crippen molar-refractivity contribution in [1.82, 2.24) is 10.2 Å². The number of hydrogen-bond donors (Lipinski definition) is 1. The zero-order valence-corrected chi connectivity index (χ0v) is 15.0. The van der Waals surface area contributed by atoms with Crippen molar-refractivity contribution in [3.63, 3.8) is 0 Å². The number of amides is 2. The standard InChI is InChI=1S/C19H21ClN2O3/c1-3-25-15-10-8-14(9-11-15)13-22(2)18(23)12-21-19(24)16-6-4-5-7-17(16)20/h4-11H,3,12-13H2,1-2H3,(H,21,24). The van der Waals surface area contributed by atoms with Gasteiger partial charge in [0.05, 0.1) is 23.7 Å². The molecule has 0 aliphatic carbocycles. The lowest BCUT2D eigenvalue weighted by atomic mass is 10.2. The van der Waals surface area contributed by atoms with E-state index in [-0.39, 0.29) is 18.4 Å². The first-order chi connectivity index (χ1) is 12.0. The van der Waals surface area contributed by atoms with Crippen molar-refractivity contribution in [3.05, 3.63) is 64.7 Å². The summed E-state index contributed by atoms with van der Waals surface area (Å²) in [5.74, 6) is 0.245. The molecule has 0 aliphatic heterocycles. The van der Waals surface area contributed by atoms with Crippen LogP contribution in [0.2, 0.25) is 5.02 Å². The fourth-order valence-corrected chi connectivity index (χ4v) is 2.47. The second-order valence-corrected chi connectivity index (χ2v) is 5.90. The summed E-state index contributed by atoms with van der Waals surface area (Å²) in [6.07, 6.45) is 0. The molecular weight excluding hydrogens is 340 g/mol. The molecule has 0 aromatic heterocycles. The number of carbonyl (C=O) groups is 2. The molecule has 25 heavy (non-hydrogen) atoms. The van der Waals surface area contributed by atoms with Crippen LogP contribution in [0.25, 0.3) is 0 Å². The Bertz CT molecular complexity index is 732. The molecule has 1 N–H and O–H groups in total. The predicted octanol–water partition coefficient (Wildman–Crippen LogP) is 3.13. The third-order valence-electron chi connectivity index (χ3n) is 3.60. The van der Waals surface area contributed by atoms with Crippen molar-refractivity contribution >= 4 is 23.4 Å². The van der Waals surface area contributed by atoms with Crippen LogP contribution < -0.4 is 10.1 Å². The van der Waals surface area contributed by atoms with E-state index in [2.05, 4.69) is 5.32 Å². The quantitative estimate of drug-likeness (QED) is 0.825. The van der Waals surface area contributed by atoms with E-state index < -0.39 is 0 Å². The number of ether oxygens (including phenoxy) is 1. The van der Waals surface area contributed by atoms with Gasteiger partial charge >= 0.3 is 0 Å². The van der Waals surface area contributed by atoms with Gasteiger partial charge in [0.25, 0.3) is 5.91 Å². The Labute approximate surface area is 152 Å². The van der Waals surface area contributed by atoms with Crippen molar-refractivity contribution in [1.29, 1.82) is 0 Å². The number of hydrogen-bond acceptors (Lipinski definition) is 3. The van der Waals surface area contributed by atoms with Crippen LogP contribution >= 0.6 is 11.6 Å². The van der Waals surface area contributed by atoms with Gasteiger partial charge in [-0.25, -0.2) is 0 Å². The first-order valence-corrected chi connectivity index (χ1v) is 8.37. The van der Waals surface area contributed by atoms with E-state index in [9.17, 15) is 9.59 Å². The Morgan fingerprint density at radius 2 is 1.80 bits per heavy atom. The van der Waals surface area contributed by atoms with Crippen LogP contribution in [0.3, 0.4) is 0 Å². The highest BCUT2D eigenvalue weighted by Crippen LogP contribution is 2.15. The highest BCUT2D eigenvalue weighted by atomic mass is 35.5. The largest absolute Gasteiger partial charge is 0.494 e. The molecule has 0 spiro atoms. The van der Waals surface area contributed by atoms with Crippen LogP contribution in [0.1, 0.15) is 22.8 Å². The normalized spacial score (nSPS) is 10.2. The molecule has 0 bridgehead atoms. The van der Waals surface area contributed by atoms with E-state index >= 15 is 0 Å². The average molecular weight is 361 g/mol. The summed E-state index contributed by atoms with van der Waals surface area (Å²) in [5.41, 5.74) is 1.34. The molecule has 2 aromatic carbocycles. The Kier molecular flexibility index (Phi) is 6.83. The molecule has 0 saturated heterocycles. The summed E-state index contributed by atoms with van der Waals surface area (Å²) in [6, 6.07) is 14.3. The zero-order valence-electron chi connectivity index (χ0n) is 14.3. The first kappa shape index (κ1) is 18.8. The Morgan fingerprint density at radius 1 is 1.12 bits per heavy atom. The summed E-state index contributed by atoms with van der Waals surface area (Å²) in [7, 11) is 1.69. The highest BCUT2D eigenvalue weighted by Gasteiger charge is 2.13. The third kappa shape index (κ3) is 5.50. The van der Waals surface area contributed by atoms with E-state index in [1.807, 2.05) is 31.2 Å². The summed E-state index contributed by atoms with van der Waals surface area (Å²) in [4.78, 5) is 25.8. The van der Waals surface area contributed by atoms with Crippen LogP contribution in [0.5, 0.6) is 5.75 Å². The minimum Gasteiger partial charge on any atom is -0.494 e. The molecule has 6 heteroatoms. The van der Waals surface area contributed by atoms with Crippen LogP contribution in [0.15, 0.2) is 48.5 Å². The Morgan fingerprint density at radius 3 is 2.44 bits per heavy atom. The van der Waals surface area contributed by atoms with Gasteiger partial charge in [-0.1, -0.05) is 35.9 Å². The van der Waals surface area contributed by atoms with E-state index in [4.69, 9.17) is 16.3 Å². The van der Waals surface area contributed by atoms with Gasteiger partial charge in [0.1, 0.15) is 5.75 Å². The van der Waals surface area contributed by atoms with Gasteiger partial charge in [-0.2, -0.15) is 0 Å². The lowest BCUT2D eigenvalue weighted by Gasteiger charge is -2.18. The molecule has 0 atom stereocenters. The first-order valence-electron chi connectivity index (χ1n) is 7.99. The second kappa shape index (κ2) is 9.08. The summed E-state index contributed by atoms with van der Waals surface area (Å²) >= 11 is 5.97. The number of rotatable bonds is 7. The molecule has 0 radical (unpaired) electrons. The molecule has 2 aromatic rings. The van der Waals surface area contributed by atoms with Crippen LogP contribution in [0, 0.1) is 0 Å². The number of nitrogens with one attached hydrogen (secondary N) is 1. The maximum atomic E-state index is 12.2. The zero-order chi connectivity index (χ0) is 18.2. The number of halogens is 1. The molecule has 2 rings (SSSR count). The second-order valence-electron chi connectivity index (χ2n) is 5.49. The van der Waals surface area contributed by atoms with Gasteiger partial charge < -0.3 is 15.0 Å². The molecule has 5 nitrogen and oxygen atoms in total. The average Bonchev–Trinajstić information content (AvgIpc) is 2.61. The monoisotopic (exact) mass is 360 g/mol. The number of carbonyl (C=O) groups excluding carboxylic acids is 2. The maximum absolute atomic E-state index is 12.2. The Hall–Kier alpha value is -2.53. The fourth-order valence-electron chi connectivity index (χ4n) is 2.25. The van der Waals surface area contributed by atoms with Gasteiger partial charge in [-0.15, -0.1) is 0 Å². The molecule has 0 saturated carbocycles.